The molecule has 0 heterocycles. The molecule has 0 rings (SSSR count). The second-order valence-electron chi connectivity index (χ2n) is 6.05. The Labute approximate surface area is 172 Å². The Bertz CT molecular complexity index is 316. The van der Waals surface area contributed by atoms with Gasteiger partial charge >= 0.3 is 0 Å². The van der Waals surface area contributed by atoms with Gasteiger partial charge in [0.1, 0.15) is 0 Å². The van der Waals surface area contributed by atoms with Gasteiger partial charge in [0.25, 0.3) is 11.9 Å². The summed E-state index contributed by atoms with van der Waals surface area (Å²) in [4.78, 5) is 2.24. The predicted molar refractivity (Wildman–Crippen MR) is 111 cm³/mol. The highest BCUT2D eigenvalue weighted by Gasteiger charge is 2.35. The van der Waals surface area contributed by atoms with Crippen molar-refractivity contribution in [3.05, 3.63) is 12.7 Å². The lowest BCUT2D eigenvalue weighted by Gasteiger charge is -2.36. The van der Waals surface area contributed by atoms with Gasteiger partial charge in [-0.05, 0) is 41.5 Å². The van der Waals surface area contributed by atoms with Crippen molar-refractivity contribution in [2.24, 2.45) is 0 Å². The molecule has 7 nitrogen and oxygen atoms in total. The molecule has 0 saturated heterocycles. The summed E-state index contributed by atoms with van der Waals surface area (Å²) in [6.45, 7) is 20.8. The maximum absolute atomic E-state index is 5.83. The first kappa shape index (κ1) is 27.5. The van der Waals surface area contributed by atoms with Crippen LogP contribution in [0.4, 0.5) is 0 Å². The monoisotopic (exact) mass is 405 g/mol. The van der Waals surface area contributed by atoms with E-state index < -0.39 is 11.9 Å². The second-order valence-corrected chi connectivity index (χ2v) is 6.05. The van der Waals surface area contributed by atoms with E-state index in [9.17, 15) is 0 Å². The molecule has 168 valence electrons. The van der Waals surface area contributed by atoms with Gasteiger partial charge in [0.2, 0.25) is 0 Å². The van der Waals surface area contributed by atoms with Gasteiger partial charge in [-0.3, -0.25) is 4.90 Å². The van der Waals surface area contributed by atoms with Crippen LogP contribution in [0.25, 0.3) is 0 Å². The molecule has 0 amide bonds. The van der Waals surface area contributed by atoms with Crippen molar-refractivity contribution in [2.45, 2.75) is 66.3 Å². The van der Waals surface area contributed by atoms with Crippen LogP contribution in [0.3, 0.4) is 0 Å². The zero-order chi connectivity index (χ0) is 21.3. The third-order valence-corrected chi connectivity index (χ3v) is 4.04. The number of nitrogens with zero attached hydrogens (tertiary/aromatic N) is 1. The molecule has 0 aromatic heterocycles. The smallest absolute Gasteiger partial charge is 0.284 e. The highest BCUT2D eigenvalue weighted by atomic mass is 16.9. The van der Waals surface area contributed by atoms with Gasteiger partial charge in [-0.15, -0.1) is 6.58 Å². The summed E-state index contributed by atoms with van der Waals surface area (Å²) in [6, 6.07) is 0. The molecular formula is C21H43NO6. The van der Waals surface area contributed by atoms with E-state index in [2.05, 4.69) is 11.5 Å². The SMILES string of the molecule is C=CCN(CCC(OCC)(OCC)OCC)CCC(OCC)(OCC)OCC. The molecule has 0 aromatic carbocycles. The normalized spacial score (nSPS) is 12.7. The quantitative estimate of drug-likeness (QED) is 0.226. The van der Waals surface area contributed by atoms with Crippen LogP contribution in [0.1, 0.15) is 54.4 Å². The highest BCUT2D eigenvalue weighted by molar-refractivity contribution is 4.76. The number of rotatable bonds is 20. The summed E-state index contributed by atoms with van der Waals surface area (Å²) in [6.07, 6.45) is 3.05. The third kappa shape index (κ3) is 10.3. The summed E-state index contributed by atoms with van der Waals surface area (Å²) in [7, 11) is 0. The summed E-state index contributed by atoms with van der Waals surface area (Å²) >= 11 is 0. The molecule has 0 aromatic rings. The minimum absolute atomic E-state index is 0.517. The van der Waals surface area contributed by atoms with Crippen molar-refractivity contribution >= 4 is 0 Å². The van der Waals surface area contributed by atoms with Gasteiger partial charge in [0, 0.05) is 72.1 Å². The summed E-state index contributed by atoms with van der Waals surface area (Å²) < 4.78 is 35.0. The Morgan fingerprint density at radius 1 is 0.607 bits per heavy atom. The van der Waals surface area contributed by atoms with Gasteiger partial charge in [-0.1, -0.05) is 6.08 Å². The topological polar surface area (TPSA) is 58.6 Å². The molecule has 0 bridgehead atoms. The minimum atomic E-state index is -1.02. The molecule has 7 heteroatoms. The molecule has 0 atom stereocenters. The van der Waals surface area contributed by atoms with E-state index in [-0.39, 0.29) is 0 Å². The fourth-order valence-corrected chi connectivity index (χ4v) is 3.07. The van der Waals surface area contributed by atoms with E-state index in [1.165, 1.54) is 0 Å². The van der Waals surface area contributed by atoms with E-state index in [0.29, 0.717) is 65.6 Å². The molecule has 0 aliphatic rings. The average Bonchev–Trinajstić information content (AvgIpc) is 2.65. The van der Waals surface area contributed by atoms with Crippen molar-refractivity contribution in [3.63, 3.8) is 0 Å². The van der Waals surface area contributed by atoms with Gasteiger partial charge in [-0.2, -0.15) is 0 Å². The molecule has 0 aliphatic carbocycles. The van der Waals surface area contributed by atoms with Crippen LogP contribution in [0.15, 0.2) is 12.7 Å². The largest absolute Gasteiger partial charge is 0.328 e. The number of hydrogen-bond donors (Lipinski definition) is 0. The predicted octanol–water partition coefficient (Wildman–Crippen LogP) is 3.78. The van der Waals surface area contributed by atoms with E-state index in [4.69, 9.17) is 28.4 Å². The van der Waals surface area contributed by atoms with E-state index >= 15 is 0 Å². The maximum atomic E-state index is 5.83. The highest BCUT2D eigenvalue weighted by Crippen LogP contribution is 2.24. The van der Waals surface area contributed by atoms with Crippen LogP contribution >= 0.6 is 0 Å². The van der Waals surface area contributed by atoms with Gasteiger partial charge < -0.3 is 28.4 Å². The Morgan fingerprint density at radius 3 is 1.11 bits per heavy atom. The summed E-state index contributed by atoms with van der Waals surface area (Å²) in [5, 5.41) is 0. The first-order valence-electron chi connectivity index (χ1n) is 10.7. The van der Waals surface area contributed by atoms with Crippen LogP contribution in [0.5, 0.6) is 0 Å². The van der Waals surface area contributed by atoms with Crippen LogP contribution in [0, 0.1) is 0 Å². The van der Waals surface area contributed by atoms with Crippen LogP contribution in [0.2, 0.25) is 0 Å². The van der Waals surface area contributed by atoms with Gasteiger partial charge in [0.15, 0.2) is 0 Å². The van der Waals surface area contributed by atoms with Crippen molar-refractivity contribution in [2.75, 3.05) is 59.3 Å². The number of hydrogen-bond acceptors (Lipinski definition) is 7. The van der Waals surface area contributed by atoms with E-state index in [1.54, 1.807) is 0 Å². The fourth-order valence-electron chi connectivity index (χ4n) is 3.07. The van der Waals surface area contributed by atoms with E-state index in [0.717, 1.165) is 6.54 Å². The lowest BCUT2D eigenvalue weighted by Crippen LogP contribution is -2.45. The molecule has 0 N–H and O–H groups in total. The molecule has 0 unspecified atom stereocenters. The minimum Gasteiger partial charge on any atom is -0.328 e. The van der Waals surface area contributed by atoms with Crippen molar-refractivity contribution in [3.8, 4) is 0 Å². The Kier molecular flexibility index (Phi) is 16.0. The zero-order valence-electron chi connectivity index (χ0n) is 19.0. The molecule has 0 spiro atoms. The van der Waals surface area contributed by atoms with Crippen LogP contribution in [-0.4, -0.2) is 76.1 Å². The van der Waals surface area contributed by atoms with Gasteiger partial charge in [-0.25, -0.2) is 0 Å². The van der Waals surface area contributed by atoms with E-state index in [1.807, 2.05) is 47.6 Å². The molecule has 0 fully saturated rings. The first-order valence-corrected chi connectivity index (χ1v) is 10.7. The second kappa shape index (κ2) is 16.3. The van der Waals surface area contributed by atoms with Crippen LogP contribution in [-0.2, 0) is 28.4 Å². The molecule has 0 saturated carbocycles. The van der Waals surface area contributed by atoms with Crippen molar-refractivity contribution < 1.29 is 28.4 Å². The lowest BCUT2D eigenvalue weighted by molar-refractivity contribution is -0.382. The van der Waals surface area contributed by atoms with Crippen LogP contribution < -0.4 is 0 Å². The molecule has 0 aliphatic heterocycles. The van der Waals surface area contributed by atoms with Gasteiger partial charge in [0.05, 0.1) is 0 Å². The maximum Gasteiger partial charge on any atom is 0.284 e. The van der Waals surface area contributed by atoms with Crippen molar-refractivity contribution in [1.29, 1.82) is 0 Å². The Hall–Kier alpha value is -0.540. The summed E-state index contributed by atoms with van der Waals surface area (Å²) in [5.74, 6) is -2.04. The number of ether oxygens (including phenoxy) is 6. The third-order valence-electron chi connectivity index (χ3n) is 4.04. The Balaban J connectivity index is 5.09. The fraction of sp³-hybridized carbons (Fsp3) is 0.905. The molecule has 28 heavy (non-hydrogen) atoms. The summed E-state index contributed by atoms with van der Waals surface area (Å²) in [5.41, 5.74) is 0. The van der Waals surface area contributed by atoms with Crippen molar-refractivity contribution in [1.82, 2.24) is 4.90 Å². The zero-order valence-corrected chi connectivity index (χ0v) is 19.0. The first-order chi connectivity index (χ1) is 13.5. The average molecular weight is 406 g/mol. The standard InChI is InChI=1S/C21H43NO6/c1-8-17-22(18-15-20(23-9-2,24-10-3)25-11-4)19-16-21(26-12-5,27-13-6)28-14-7/h8H,1,9-19H2,2-7H3. The molecule has 0 radical (unpaired) electrons. The Morgan fingerprint density at radius 2 is 0.893 bits per heavy atom. The molecular weight excluding hydrogens is 362 g/mol. The lowest BCUT2D eigenvalue weighted by atomic mass is 10.2.